The second-order valence-electron chi connectivity index (χ2n) is 6.72. The van der Waals surface area contributed by atoms with Gasteiger partial charge < -0.3 is 9.88 Å². The molecule has 112 valence electrons. The molecule has 2 fully saturated rings. The van der Waals surface area contributed by atoms with Crippen molar-refractivity contribution in [1.82, 2.24) is 19.8 Å². The molecular formula is C16H28N4. The molecule has 2 heterocycles. The van der Waals surface area contributed by atoms with Crippen molar-refractivity contribution in [3.8, 4) is 0 Å². The molecule has 1 aromatic heterocycles. The van der Waals surface area contributed by atoms with E-state index in [2.05, 4.69) is 39.8 Å². The smallest absolute Gasteiger partial charge is 0.0945 e. The maximum atomic E-state index is 4.12. The van der Waals surface area contributed by atoms with Crippen molar-refractivity contribution in [3.05, 3.63) is 18.7 Å². The molecule has 4 heteroatoms. The minimum absolute atomic E-state index is 0.389. The van der Waals surface area contributed by atoms with Gasteiger partial charge in [0.05, 0.1) is 6.33 Å². The van der Waals surface area contributed by atoms with Crippen molar-refractivity contribution < 1.29 is 0 Å². The zero-order valence-corrected chi connectivity index (χ0v) is 12.9. The Morgan fingerprint density at radius 2 is 2.20 bits per heavy atom. The van der Waals surface area contributed by atoms with Crippen molar-refractivity contribution in [2.75, 3.05) is 19.6 Å². The standard InChI is InChI=1S/C16H28N4/c1-3-15-11-20(9-4-8-19-10-7-17-13-19)16(2,12-18-15)14-5-6-14/h7,10,13-15,18H,3-6,8-9,11-12H2,1-2H3. The van der Waals surface area contributed by atoms with Crippen LogP contribution in [0.1, 0.15) is 39.5 Å². The van der Waals surface area contributed by atoms with Crippen LogP contribution in [0.4, 0.5) is 0 Å². The highest BCUT2D eigenvalue weighted by molar-refractivity contribution is 5.04. The molecule has 0 bridgehead atoms. The third kappa shape index (κ3) is 2.91. The maximum Gasteiger partial charge on any atom is 0.0945 e. The number of piperazine rings is 1. The Morgan fingerprint density at radius 3 is 2.85 bits per heavy atom. The summed E-state index contributed by atoms with van der Waals surface area (Å²) < 4.78 is 2.19. The highest BCUT2D eigenvalue weighted by atomic mass is 15.3. The van der Waals surface area contributed by atoms with Crippen molar-refractivity contribution >= 4 is 0 Å². The summed E-state index contributed by atoms with van der Waals surface area (Å²) in [7, 11) is 0. The number of nitrogens with one attached hydrogen (secondary N) is 1. The molecule has 1 saturated heterocycles. The van der Waals surface area contributed by atoms with Crippen molar-refractivity contribution in [3.63, 3.8) is 0 Å². The SMILES string of the molecule is CCC1CN(CCCn2ccnc2)C(C)(C2CC2)CN1. The summed E-state index contributed by atoms with van der Waals surface area (Å²) >= 11 is 0. The molecule has 2 unspecified atom stereocenters. The van der Waals surface area contributed by atoms with Crippen LogP contribution in [0.2, 0.25) is 0 Å². The van der Waals surface area contributed by atoms with Gasteiger partial charge in [-0.15, -0.1) is 0 Å². The van der Waals surface area contributed by atoms with Crippen LogP contribution in [0.15, 0.2) is 18.7 Å². The van der Waals surface area contributed by atoms with Crippen LogP contribution in [-0.2, 0) is 6.54 Å². The number of nitrogens with zero attached hydrogens (tertiary/aromatic N) is 3. The lowest BCUT2D eigenvalue weighted by atomic mass is 9.89. The molecule has 2 aliphatic rings. The summed E-state index contributed by atoms with van der Waals surface area (Å²) in [6, 6.07) is 0.676. The van der Waals surface area contributed by atoms with Crippen LogP contribution in [0, 0.1) is 5.92 Å². The fraction of sp³-hybridized carbons (Fsp3) is 0.812. The lowest BCUT2D eigenvalue weighted by Crippen LogP contribution is -2.64. The molecule has 0 radical (unpaired) electrons. The van der Waals surface area contributed by atoms with Gasteiger partial charge in [0.15, 0.2) is 0 Å². The van der Waals surface area contributed by atoms with Crippen LogP contribution in [0.25, 0.3) is 0 Å². The Morgan fingerprint density at radius 1 is 1.35 bits per heavy atom. The number of aromatic nitrogens is 2. The van der Waals surface area contributed by atoms with Crippen LogP contribution >= 0.6 is 0 Å². The Hall–Kier alpha value is -0.870. The summed E-state index contributed by atoms with van der Waals surface area (Å²) in [5, 5.41) is 3.76. The van der Waals surface area contributed by atoms with E-state index in [1.165, 1.54) is 45.3 Å². The summed E-state index contributed by atoms with van der Waals surface area (Å²) in [6.07, 6.45) is 11.2. The molecule has 1 N–H and O–H groups in total. The normalized spacial score (nSPS) is 31.6. The van der Waals surface area contributed by atoms with Crippen LogP contribution < -0.4 is 5.32 Å². The molecule has 3 rings (SSSR count). The quantitative estimate of drug-likeness (QED) is 0.864. The topological polar surface area (TPSA) is 33.1 Å². The average molecular weight is 276 g/mol. The highest BCUT2D eigenvalue weighted by Crippen LogP contribution is 2.44. The van der Waals surface area contributed by atoms with Gasteiger partial charge in [-0.05, 0) is 38.5 Å². The molecule has 0 amide bonds. The summed E-state index contributed by atoms with van der Waals surface area (Å²) in [4.78, 5) is 6.89. The maximum absolute atomic E-state index is 4.12. The number of aryl methyl sites for hydroxylation is 1. The molecule has 1 saturated carbocycles. The lowest BCUT2D eigenvalue weighted by molar-refractivity contribution is 0.0323. The lowest BCUT2D eigenvalue weighted by Gasteiger charge is -2.49. The summed E-state index contributed by atoms with van der Waals surface area (Å²) in [6.45, 7) is 9.45. The Balaban J connectivity index is 1.57. The number of rotatable bonds is 6. The third-order valence-corrected chi connectivity index (χ3v) is 5.26. The number of hydrogen-bond acceptors (Lipinski definition) is 3. The number of imidazole rings is 1. The Labute approximate surface area is 122 Å². The van der Waals surface area contributed by atoms with Crippen molar-refractivity contribution in [1.29, 1.82) is 0 Å². The van der Waals surface area contributed by atoms with Crippen LogP contribution in [-0.4, -0.2) is 45.7 Å². The van der Waals surface area contributed by atoms with Gasteiger partial charge in [0.25, 0.3) is 0 Å². The second-order valence-corrected chi connectivity index (χ2v) is 6.72. The van der Waals surface area contributed by atoms with E-state index < -0.39 is 0 Å². The first kappa shape index (κ1) is 14.1. The van der Waals surface area contributed by atoms with E-state index in [0.29, 0.717) is 11.6 Å². The number of hydrogen-bond donors (Lipinski definition) is 1. The van der Waals surface area contributed by atoms with Crippen LogP contribution in [0.5, 0.6) is 0 Å². The molecule has 0 aromatic carbocycles. The van der Waals surface area contributed by atoms with E-state index in [1.807, 2.05) is 12.5 Å². The monoisotopic (exact) mass is 276 g/mol. The molecule has 20 heavy (non-hydrogen) atoms. The fourth-order valence-corrected chi connectivity index (χ4v) is 3.59. The Kier molecular flexibility index (Phi) is 4.13. The van der Waals surface area contributed by atoms with Crippen molar-refractivity contribution in [2.24, 2.45) is 5.92 Å². The predicted molar refractivity (Wildman–Crippen MR) is 81.6 cm³/mol. The zero-order chi connectivity index (χ0) is 14.0. The Bertz CT molecular complexity index is 412. The second kappa shape index (κ2) is 5.86. The van der Waals surface area contributed by atoms with E-state index in [9.17, 15) is 0 Å². The summed E-state index contributed by atoms with van der Waals surface area (Å²) in [5.41, 5.74) is 0.389. The first-order valence-corrected chi connectivity index (χ1v) is 8.16. The highest BCUT2D eigenvalue weighted by Gasteiger charge is 2.47. The first-order chi connectivity index (χ1) is 9.72. The average Bonchev–Trinajstić information content (AvgIpc) is 3.20. The first-order valence-electron chi connectivity index (χ1n) is 8.16. The largest absolute Gasteiger partial charge is 0.337 e. The fourth-order valence-electron chi connectivity index (χ4n) is 3.59. The molecular weight excluding hydrogens is 248 g/mol. The molecule has 4 nitrogen and oxygen atoms in total. The molecule has 1 aromatic rings. The zero-order valence-electron chi connectivity index (χ0n) is 12.9. The predicted octanol–water partition coefficient (Wildman–Crippen LogP) is 2.13. The molecule has 1 aliphatic heterocycles. The third-order valence-electron chi connectivity index (χ3n) is 5.26. The van der Waals surface area contributed by atoms with Gasteiger partial charge in [0.2, 0.25) is 0 Å². The minimum Gasteiger partial charge on any atom is -0.337 e. The van der Waals surface area contributed by atoms with Gasteiger partial charge in [-0.2, -0.15) is 0 Å². The van der Waals surface area contributed by atoms with E-state index in [0.717, 1.165) is 12.5 Å². The van der Waals surface area contributed by atoms with Gasteiger partial charge in [-0.3, -0.25) is 4.90 Å². The van der Waals surface area contributed by atoms with Gasteiger partial charge in [-0.25, -0.2) is 4.98 Å². The van der Waals surface area contributed by atoms with Gasteiger partial charge >= 0.3 is 0 Å². The molecule has 1 aliphatic carbocycles. The van der Waals surface area contributed by atoms with E-state index in [-0.39, 0.29) is 0 Å². The van der Waals surface area contributed by atoms with Crippen molar-refractivity contribution in [2.45, 2.75) is 57.7 Å². The van der Waals surface area contributed by atoms with E-state index in [4.69, 9.17) is 0 Å². The summed E-state index contributed by atoms with van der Waals surface area (Å²) in [5.74, 6) is 0.918. The molecule has 0 spiro atoms. The van der Waals surface area contributed by atoms with Crippen LogP contribution in [0.3, 0.4) is 0 Å². The van der Waals surface area contributed by atoms with Gasteiger partial charge in [0, 0.05) is 50.2 Å². The van der Waals surface area contributed by atoms with E-state index >= 15 is 0 Å². The van der Waals surface area contributed by atoms with E-state index in [1.54, 1.807) is 0 Å². The molecule has 2 atom stereocenters. The minimum atomic E-state index is 0.389. The van der Waals surface area contributed by atoms with Gasteiger partial charge in [0.1, 0.15) is 0 Å². The van der Waals surface area contributed by atoms with Gasteiger partial charge in [-0.1, -0.05) is 6.92 Å².